The molecule has 0 aliphatic carbocycles. The van der Waals surface area contributed by atoms with Gasteiger partial charge in [0.05, 0.1) is 17.7 Å². The van der Waals surface area contributed by atoms with Crippen molar-refractivity contribution in [3.63, 3.8) is 0 Å². The van der Waals surface area contributed by atoms with E-state index in [1.165, 1.54) is 12.1 Å². The minimum absolute atomic E-state index is 0.115. The Kier molecular flexibility index (Phi) is 6.53. The van der Waals surface area contributed by atoms with E-state index in [0.29, 0.717) is 34.6 Å². The maximum absolute atomic E-state index is 12.4. The molecule has 5 heteroatoms. The third kappa shape index (κ3) is 5.17. The first kappa shape index (κ1) is 20.0. The molecule has 0 aliphatic rings. The highest BCUT2D eigenvalue weighted by Crippen LogP contribution is 2.16. The van der Waals surface area contributed by atoms with Crippen molar-refractivity contribution >= 4 is 17.7 Å². The Morgan fingerprint density at radius 1 is 0.655 bits per heavy atom. The number of hydrogen-bond donors (Lipinski definition) is 0. The SMILES string of the molecule is CCCOC(=O)c1ccc(OC(=O)c2ccc(C(=O)c3ccccc3)cc2)cc1. The molecular formula is C24H20O5. The van der Waals surface area contributed by atoms with Crippen LogP contribution >= 0.6 is 0 Å². The minimum Gasteiger partial charge on any atom is -0.462 e. The zero-order chi connectivity index (χ0) is 20.6. The number of ketones is 1. The fourth-order valence-corrected chi connectivity index (χ4v) is 2.62. The number of rotatable bonds is 7. The average molecular weight is 388 g/mol. The number of carbonyl (C=O) groups excluding carboxylic acids is 3. The zero-order valence-corrected chi connectivity index (χ0v) is 16.0. The maximum atomic E-state index is 12.4. The molecule has 0 saturated heterocycles. The van der Waals surface area contributed by atoms with Gasteiger partial charge in [-0.25, -0.2) is 9.59 Å². The van der Waals surface area contributed by atoms with Gasteiger partial charge in [-0.15, -0.1) is 0 Å². The Labute approximate surface area is 168 Å². The molecule has 0 aliphatic heterocycles. The molecule has 0 fully saturated rings. The van der Waals surface area contributed by atoms with Gasteiger partial charge in [0.25, 0.3) is 0 Å². The van der Waals surface area contributed by atoms with E-state index in [1.54, 1.807) is 60.7 Å². The summed E-state index contributed by atoms with van der Waals surface area (Å²) in [4.78, 5) is 36.5. The van der Waals surface area contributed by atoms with E-state index >= 15 is 0 Å². The highest BCUT2D eigenvalue weighted by Gasteiger charge is 2.13. The molecule has 0 bridgehead atoms. The molecule has 3 aromatic carbocycles. The molecule has 3 rings (SSSR count). The first-order valence-electron chi connectivity index (χ1n) is 9.27. The number of benzene rings is 3. The van der Waals surface area contributed by atoms with Crippen molar-refractivity contribution in [3.05, 3.63) is 101 Å². The van der Waals surface area contributed by atoms with Crippen molar-refractivity contribution in [1.29, 1.82) is 0 Å². The third-order valence-electron chi connectivity index (χ3n) is 4.16. The van der Waals surface area contributed by atoms with Crippen LogP contribution in [-0.4, -0.2) is 24.3 Å². The lowest BCUT2D eigenvalue weighted by Gasteiger charge is -2.07. The molecule has 3 aromatic rings. The maximum Gasteiger partial charge on any atom is 0.343 e. The highest BCUT2D eigenvalue weighted by atomic mass is 16.5. The van der Waals surface area contributed by atoms with E-state index in [2.05, 4.69) is 0 Å². The van der Waals surface area contributed by atoms with E-state index < -0.39 is 11.9 Å². The van der Waals surface area contributed by atoms with Gasteiger partial charge in [0.1, 0.15) is 5.75 Å². The monoisotopic (exact) mass is 388 g/mol. The molecule has 0 heterocycles. The summed E-state index contributed by atoms with van der Waals surface area (Å²) in [6.45, 7) is 2.28. The number of hydrogen-bond acceptors (Lipinski definition) is 5. The van der Waals surface area contributed by atoms with Crippen LogP contribution in [0.3, 0.4) is 0 Å². The van der Waals surface area contributed by atoms with Gasteiger partial charge in [0.2, 0.25) is 0 Å². The van der Waals surface area contributed by atoms with Gasteiger partial charge in [-0.3, -0.25) is 4.79 Å². The summed E-state index contributed by atoms with van der Waals surface area (Å²) in [6, 6.07) is 21.4. The Bertz CT molecular complexity index is 990. The van der Waals surface area contributed by atoms with Gasteiger partial charge >= 0.3 is 11.9 Å². The van der Waals surface area contributed by atoms with Gasteiger partial charge in [0.15, 0.2) is 5.78 Å². The smallest absolute Gasteiger partial charge is 0.343 e. The Morgan fingerprint density at radius 3 is 1.79 bits per heavy atom. The Hall–Kier alpha value is -3.73. The normalized spacial score (nSPS) is 10.2. The predicted molar refractivity (Wildman–Crippen MR) is 108 cm³/mol. The molecule has 0 N–H and O–H groups in total. The Balaban J connectivity index is 1.63. The second-order valence-corrected chi connectivity index (χ2v) is 6.32. The third-order valence-corrected chi connectivity index (χ3v) is 4.16. The summed E-state index contributed by atoms with van der Waals surface area (Å²) in [5.41, 5.74) is 1.78. The molecule has 0 saturated carbocycles. The van der Waals surface area contributed by atoms with E-state index in [1.807, 2.05) is 13.0 Å². The summed E-state index contributed by atoms with van der Waals surface area (Å²) in [6.07, 6.45) is 0.747. The molecule has 146 valence electrons. The molecule has 0 unspecified atom stereocenters. The molecule has 0 amide bonds. The van der Waals surface area contributed by atoms with Crippen molar-refractivity contribution in [2.75, 3.05) is 6.61 Å². The van der Waals surface area contributed by atoms with Crippen LogP contribution in [0.2, 0.25) is 0 Å². The first-order chi connectivity index (χ1) is 14.1. The van der Waals surface area contributed by atoms with Crippen molar-refractivity contribution in [2.24, 2.45) is 0 Å². The summed E-state index contributed by atoms with van der Waals surface area (Å²) in [7, 11) is 0. The summed E-state index contributed by atoms with van der Waals surface area (Å²) in [5, 5.41) is 0. The molecule has 0 radical (unpaired) electrons. The average Bonchev–Trinajstić information content (AvgIpc) is 2.78. The number of carbonyl (C=O) groups is 3. The van der Waals surface area contributed by atoms with Crippen LogP contribution < -0.4 is 4.74 Å². The van der Waals surface area contributed by atoms with Gasteiger partial charge < -0.3 is 9.47 Å². The second kappa shape index (κ2) is 9.46. The van der Waals surface area contributed by atoms with Crippen molar-refractivity contribution < 1.29 is 23.9 Å². The minimum atomic E-state index is -0.551. The quantitative estimate of drug-likeness (QED) is 0.333. The fourth-order valence-electron chi connectivity index (χ4n) is 2.62. The zero-order valence-electron chi connectivity index (χ0n) is 16.0. The summed E-state index contributed by atoms with van der Waals surface area (Å²) in [5.74, 6) is -0.768. The van der Waals surface area contributed by atoms with Crippen molar-refractivity contribution in [1.82, 2.24) is 0 Å². The van der Waals surface area contributed by atoms with Crippen molar-refractivity contribution in [2.45, 2.75) is 13.3 Å². The van der Waals surface area contributed by atoms with Gasteiger partial charge in [-0.1, -0.05) is 49.4 Å². The Morgan fingerprint density at radius 2 is 1.17 bits per heavy atom. The van der Waals surface area contributed by atoms with Crippen LogP contribution in [0, 0.1) is 0 Å². The predicted octanol–water partition coefficient (Wildman–Crippen LogP) is 4.70. The van der Waals surface area contributed by atoms with E-state index in [0.717, 1.165) is 6.42 Å². The van der Waals surface area contributed by atoms with E-state index in [4.69, 9.17) is 9.47 Å². The van der Waals surface area contributed by atoms with Crippen molar-refractivity contribution in [3.8, 4) is 5.75 Å². The van der Waals surface area contributed by atoms with Crippen LogP contribution in [0.25, 0.3) is 0 Å². The standard InChI is InChI=1S/C24H20O5/c1-2-16-28-23(26)19-12-14-21(15-13-19)29-24(27)20-10-8-18(9-11-20)22(25)17-6-4-3-5-7-17/h3-15H,2,16H2,1H3. The molecule has 0 spiro atoms. The van der Waals surface area contributed by atoms with Crippen LogP contribution in [0.4, 0.5) is 0 Å². The topological polar surface area (TPSA) is 69.7 Å². The largest absolute Gasteiger partial charge is 0.462 e. The van der Waals surface area contributed by atoms with Gasteiger partial charge in [0, 0.05) is 11.1 Å². The molecule has 29 heavy (non-hydrogen) atoms. The second-order valence-electron chi connectivity index (χ2n) is 6.32. The summed E-state index contributed by atoms with van der Waals surface area (Å²) < 4.78 is 10.4. The first-order valence-corrected chi connectivity index (χ1v) is 9.27. The molecular weight excluding hydrogens is 368 g/mol. The van der Waals surface area contributed by atoms with Crippen LogP contribution in [0.5, 0.6) is 5.75 Å². The molecule has 0 atom stereocenters. The summed E-state index contributed by atoms with van der Waals surface area (Å²) >= 11 is 0. The van der Waals surface area contributed by atoms with Crippen LogP contribution in [0.15, 0.2) is 78.9 Å². The van der Waals surface area contributed by atoms with Gasteiger partial charge in [-0.2, -0.15) is 0 Å². The number of ether oxygens (including phenoxy) is 2. The molecule has 5 nitrogen and oxygen atoms in total. The lowest BCUT2D eigenvalue weighted by molar-refractivity contribution is 0.0505. The van der Waals surface area contributed by atoms with Gasteiger partial charge in [-0.05, 0) is 42.8 Å². The van der Waals surface area contributed by atoms with Crippen LogP contribution in [0.1, 0.15) is 50.0 Å². The van der Waals surface area contributed by atoms with E-state index in [-0.39, 0.29) is 5.78 Å². The number of esters is 2. The van der Waals surface area contributed by atoms with E-state index in [9.17, 15) is 14.4 Å². The molecule has 0 aromatic heterocycles. The lowest BCUT2D eigenvalue weighted by Crippen LogP contribution is -2.10. The lowest BCUT2D eigenvalue weighted by atomic mass is 10.0. The van der Waals surface area contributed by atoms with Crippen LogP contribution in [-0.2, 0) is 4.74 Å². The highest BCUT2D eigenvalue weighted by molar-refractivity contribution is 6.09. The fraction of sp³-hybridized carbons (Fsp3) is 0.125.